The average Bonchev–Trinajstić information content (AvgIpc) is 3.66. The first-order chi connectivity index (χ1) is 21.4. The van der Waals surface area contributed by atoms with Gasteiger partial charge < -0.3 is 33.7 Å². The molecule has 3 atom stereocenters. The zero-order valence-electron chi connectivity index (χ0n) is 25.3. The van der Waals surface area contributed by atoms with Crippen molar-refractivity contribution in [3.8, 4) is 28.7 Å². The lowest BCUT2D eigenvalue weighted by molar-refractivity contribution is -0.143. The zero-order valence-corrected chi connectivity index (χ0v) is 25.3. The summed E-state index contributed by atoms with van der Waals surface area (Å²) in [6.45, 7) is 3.30. The van der Waals surface area contributed by atoms with Gasteiger partial charge in [-0.25, -0.2) is 0 Å². The van der Waals surface area contributed by atoms with Gasteiger partial charge in [-0.2, -0.15) is 0 Å². The Bertz CT molecular complexity index is 1440. The van der Waals surface area contributed by atoms with Crippen LogP contribution in [0, 0.1) is 5.92 Å². The van der Waals surface area contributed by atoms with E-state index >= 15 is 0 Å². The average molecular weight is 606 g/mol. The van der Waals surface area contributed by atoms with Crippen LogP contribution < -0.4 is 28.6 Å². The van der Waals surface area contributed by atoms with Crippen molar-refractivity contribution in [2.75, 3.05) is 52.2 Å². The first kappa shape index (κ1) is 30.9. The number of methoxy groups -OCH3 is 2. The van der Waals surface area contributed by atoms with E-state index in [1.807, 2.05) is 47.4 Å². The number of likely N-dealkylation sites (tertiary alicyclic amines) is 1. The highest BCUT2D eigenvalue weighted by molar-refractivity contribution is 5.94. The number of rotatable bonds is 14. The predicted octanol–water partition coefficient (Wildman–Crippen LogP) is 4.60. The molecule has 1 amide bonds. The highest BCUT2D eigenvalue weighted by Crippen LogP contribution is 2.47. The number of anilines is 1. The van der Waals surface area contributed by atoms with Gasteiger partial charge in [-0.3, -0.25) is 19.5 Å². The van der Waals surface area contributed by atoms with Crippen LogP contribution in [0.1, 0.15) is 37.7 Å². The van der Waals surface area contributed by atoms with Crippen molar-refractivity contribution >= 4 is 17.6 Å². The number of pyridine rings is 1. The summed E-state index contributed by atoms with van der Waals surface area (Å²) in [5.74, 6) is 0.325. The molecule has 1 aromatic heterocycles. The highest BCUT2D eigenvalue weighted by Gasteiger charge is 2.47. The van der Waals surface area contributed by atoms with E-state index in [4.69, 9.17) is 23.7 Å². The lowest BCUT2D eigenvalue weighted by atomic mass is 9.84. The SMILES string of the molecule is CCCCN(C(=O)CN1CC(c2cc(OC)c3c(c2)OCO3)C(C(=O)O)C1CCOc1ccccc1OC)c1cccnc1. The second-order valence-corrected chi connectivity index (χ2v) is 10.8. The molecule has 1 saturated heterocycles. The number of hydrogen-bond acceptors (Lipinski definition) is 9. The second-order valence-electron chi connectivity index (χ2n) is 10.8. The third-order valence-corrected chi connectivity index (χ3v) is 8.21. The minimum absolute atomic E-state index is 0.0416. The number of ether oxygens (including phenoxy) is 5. The molecular formula is C33H39N3O8. The fraction of sp³-hybridized carbons (Fsp3) is 0.424. The van der Waals surface area contributed by atoms with Gasteiger partial charge in [-0.05, 0) is 54.8 Å². The lowest BCUT2D eigenvalue weighted by Gasteiger charge is -2.29. The minimum Gasteiger partial charge on any atom is -0.493 e. The molecular weight excluding hydrogens is 566 g/mol. The smallest absolute Gasteiger partial charge is 0.308 e. The molecule has 2 aliphatic rings. The standard InChI is InChI=1S/C33H39N3O8/c1-4-5-14-36(23-9-8-13-34-18-23)30(37)20-35-19-24(22-16-28(41-3)32-29(17-22)43-21-44-32)31(33(38)39)25(35)12-15-42-27-11-7-6-10-26(27)40-2/h6-11,13,16-18,24-25,31H,4-5,12,14-15,19-21H2,1-3H3,(H,38,39). The number of carboxylic acid groups (broad SMARTS) is 1. The number of carbonyl (C=O) groups excluding carboxylic acids is 1. The van der Waals surface area contributed by atoms with Crippen LogP contribution in [0.2, 0.25) is 0 Å². The Balaban J connectivity index is 1.45. The fourth-order valence-electron chi connectivity index (χ4n) is 6.07. The van der Waals surface area contributed by atoms with Crippen molar-refractivity contribution in [3.63, 3.8) is 0 Å². The molecule has 3 aromatic rings. The number of para-hydroxylation sites is 2. The van der Waals surface area contributed by atoms with Crippen LogP contribution in [-0.2, 0) is 9.59 Å². The number of fused-ring (bicyclic) bond motifs is 1. The Hall–Kier alpha value is -4.51. The van der Waals surface area contributed by atoms with Crippen LogP contribution in [-0.4, -0.2) is 80.2 Å². The van der Waals surface area contributed by atoms with E-state index < -0.39 is 23.8 Å². The third kappa shape index (κ3) is 6.67. The van der Waals surface area contributed by atoms with Crippen LogP contribution in [0.25, 0.3) is 0 Å². The summed E-state index contributed by atoms with van der Waals surface area (Å²) >= 11 is 0. The molecule has 3 heterocycles. The molecule has 2 aromatic carbocycles. The number of benzene rings is 2. The summed E-state index contributed by atoms with van der Waals surface area (Å²) in [5.41, 5.74) is 1.47. The van der Waals surface area contributed by atoms with E-state index in [0.29, 0.717) is 53.9 Å². The van der Waals surface area contributed by atoms with Crippen LogP contribution >= 0.6 is 0 Å². The van der Waals surface area contributed by atoms with Crippen molar-refractivity contribution in [2.45, 2.75) is 38.1 Å². The van der Waals surface area contributed by atoms with Gasteiger partial charge in [0.05, 0.1) is 45.2 Å². The summed E-state index contributed by atoms with van der Waals surface area (Å²) in [6.07, 6.45) is 5.48. The Kier molecular flexibility index (Phi) is 10.1. The van der Waals surface area contributed by atoms with E-state index in [0.717, 1.165) is 18.4 Å². The normalized spacial score (nSPS) is 19.0. The maximum Gasteiger partial charge on any atom is 0.308 e. The van der Waals surface area contributed by atoms with Crippen molar-refractivity contribution in [2.24, 2.45) is 5.92 Å². The molecule has 5 rings (SSSR count). The second kappa shape index (κ2) is 14.3. The Morgan fingerprint density at radius 1 is 1.07 bits per heavy atom. The van der Waals surface area contributed by atoms with E-state index in [2.05, 4.69) is 11.9 Å². The van der Waals surface area contributed by atoms with Crippen LogP contribution in [0.15, 0.2) is 60.9 Å². The van der Waals surface area contributed by atoms with Gasteiger partial charge in [0.1, 0.15) is 0 Å². The van der Waals surface area contributed by atoms with Crippen LogP contribution in [0.3, 0.4) is 0 Å². The van der Waals surface area contributed by atoms with E-state index in [1.54, 1.807) is 30.5 Å². The zero-order chi connectivity index (χ0) is 31.1. The molecule has 3 unspecified atom stereocenters. The maximum absolute atomic E-state index is 13.9. The van der Waals surface area contributed by atoms with Gasteiger partial charge in [-0.15, -0.1) is 0 Å². The summed E-state index contributed by atoms with van der Waals surface area (Å²) in [6, 6.07) is 14.1. The predicted molar refractivity (Wildman–Crippen MR) is 163 cm³/mol. The monoisotopic (exact) mass is 605 g/mol. The van der Waals surface area contributed by atoms with Crippen molar-refractivity contribution < 1.29 is 38.4 Å². The maximum atomic E-state index is 13.9. The number of hydrogen-bond donors (Lipinski definition) is 1. The van der Waals surface area contributed by atoms with E-state index in [1.165, 1.54) is 7.11 Å². The fourth-order valence-corrected chi connectivity index (χ4v) is 6.07. The summed E-state index contributed by atoms with van der Waals surface area (Å²) in [5, 5.41) is 10.6. The highest BCUT2D eigenvalue weighted by atomic mass is 16.7. The Morgan fingerprint density at radius 2 is 1.86 bits per heavy atom. The molecule has 44 heavy (non-hydrogen) atoms. The van der Waals surface area contributed by atoms with Gasteiger partial charge in [0.25, 0.3) is 0 Å². The van der Waals surface area contributed by atoms with Gasteiger partial charge in [0.2, 0.25) is 18.4 Å². The molecule has 2 aliphatic heterocycles. The minimum atomic E-state index is -0.945. The molecule has 234 valence electrons. The molecule has 0 bridgehead atoms. The number of carboxylic acids is 1. The molecule has 0 radical (unpaired) electrons. The largest absolute Gasteiger partial charge is 0.493 e. The Labute approximate surface area is 257 Å². The molecule has 0 saturated carbocycles. The van der Waals surface area contributed by atoms with E-state index in [-0.39, 0.29) is 25.9 Å². The number of carbonyl (C=O) groups is 2. The molecule has 11 heteroatoms. The van der Waals surface area contributed by atoms with E-state index in [9.17, 15) is 14.7 Å². The summed E-state index contributed by atoms with van der Waals surface area (Å²) < 4.78 is 28.3. The first-order valence-corrected chi connectivity index (χ1v) is 14.9. The molecule has 1 fully saturated rings. The van der Waals surface area contributed by atoms with Gasteiger partial charge in [-0.1, -0.05) is 25.5 Å². The summed E-state index contributed by atoms with van der Waals surface area (Å²) in [7, 11) is 3.11. The molecule has 11 nitrogen and oxygen atoms in total. The number of aliphatic carboxylic acids is 1. The number of nitrogens with zero attached hydrogens (tertiary/aromatic N) is 3. The van der Waals surface area contributed by atoms with Crippen molar-refractivity contribution in [1.82, 2.24) is 9.88 Å². The topological polar surface area (TPSA) is 120 Å². The number of unbranched alkanes of at least 4 members (excludes halogenated alkanes) is 1. The third-order valence-electron chi connectivity index (χ3n) is 8.21. The van der Waals surface area contributed by atoms with Crippen molar-refractivity contribution in [1.29, 1.82) is 0 Å². The van der Waals surface area contributed by atoms with Crippen LogP contribution in [0.4, 0.5) is 5.69 Å². The van der Waals surface area contributed by atoms with Gasteiger partial charge >= 0.3 is 5.97 Å². The Morgan fingerprint density at radius 3 is 2.57 bits per heavy atom. The first-order valence-electron chi connectivity index (χ1n) is 14.9. The van der Waals surface area contributed by atoms with Crippen LogP contribution in [0.5, 0.6) is 28.7 Å². The quantitative estimate of drug-likeness (QED) is 0.279. The lowest BCUT2D eigenvalue weighted by Crippen LogP contribution is -2.45. The number of aromatic nitrogens is 1. The number of amides is 1. The summed E-state index contributed by atoms with van der Waals surface area (Å²) in [4.78, 5) is 34.8. The van der Waals surface area contributed by atoms with Gasteiger partial charge in [0.15, 0.2) is 23.0 Å². The molecule has 1 N–H and O–H groups in total. The van der Waals surface area contributed by atoms with Gasteiger partial charge in [0, 0.05) is 31.2 Å². The molecule has 0 spiro atoms. The molecule has 0 aliphatic carbocycles. The van der Waals surface area contributed by atoms with Crippen molar-refractivity contribution in [3.05, 3.63) is 66.5 Å².